The van der Waals surface area contributed by atoms with Gasteiger partial charge in [0.2, 0.25) is 0 Å². The Bertz CT molecular complexity index is 613. The molecule has 0 radical (unpaired) electrons. The van der Waals surface area contributed by atoms with E-state index in [0.29, 0.717) is 0 Å². The Kier molecular flexibility index (Phi) is 4.33. The standard InChI is InChI=1S/C16H16O5/c1-10(11-5-3-2-4-6-11)9-21-16(20)12-7-13(17)15(19)14(18)8-12/h2-8,10,17-19H,9H2,1H3. The molecule has 2 aromatic carbocycles. The van der Waals surface area contributed by atoms with Crippen LogP contribution in [0.15, 0.2) is 42.5 Å². The van der Waals surface area contributed by atoms with E-state index < -0.39 is 23.2 Å². The number of rotatable bonds is 4. The largest absolute Gasteiger partial charge is 0.504 e. The van der Waals surface area contributed by atoms with Gasteiger partial charge in [0.15, 0.2) is 17.2 Å². The molecule has 0 saturated heterocycles. The number of ether oxygens (including phenoxy) is 1. The Morgan fingerprint density at radius 2 is 1.67 bits per heavy atom. The molecule has 0 fully saturated rings. The zero-order valence-electron chi connectivity index (χ0n) is 11.5. The number of carbonyl (C=O) groups excluding carboxylic acids is 1. The van der Waals surface area contributed by atoms with Gasteiger partial charge in [0.25, 0.3) is 0 Å². The first-order chi connectivity index (χ1) is 9.99. The average molecular weight is 288 g/mol. The average Bonchev–Trinajstić information content (AvgIpc) is 2.50. The SMILES string of the molecule is CC(COC(=O)c1cc(O)c(O)c(O)c1)c1ccccc1. The first-order valence-corrected chi connectivity index (χ1v) is 6.46. The number of carbonyl (C=O) groups is 1. The molecule has 21 heavy (non-hydrogen) atoms. The van der Waals surface area contributed by atoms with Crippen LogP contribution in [0.4, 0.5) is 0 Å². The minimum absolute atomic E-state index is 0.0226. The number of benzene rings is 2. The molecule has 0 saturated carbocycles. The van der Waals surface area contributed by atoms with Crippen molar-refractivity contribution in [2.24, 2.45) is 0 Å². The fourth-order valence-electron chi connectivity index (χ4n) is 1.88. The molecular weight excluding hydrogens is 272 g/mol. The van der Waals surface area contributed by atoms with E-state index in [1.54, 1.807) is 0 Å². The highest BCUT2D eigenvalue weighted by molar-refractivity contribution is 5.91. The van der Waals surface area contributed by atoms with Crippen molar-refractivity contribution >= 4 is 5.97 Å². The summed E-state index contributed by atoms with van der Waals surface area (Å²) in [4.78, 5) is 11.9. The summed E-state index contributed by atoms with van der Waals surface area (Å²) in [5.41, 5.74) is 1.02. The van der Waals surface area contributed by atoms with Gasteiger partial charge in [0, 0.05) is 5.92 Å². The molecule has 1 unspecified atom stereocenters. The van der Waals surface area contributed by atoms with Crippen LogP contribution in [-0.4, -0.2) is 27.9 Å². The zero-order chi connectivity index (χ0) is 15.4. The van der Waals surface area contributed by atoms with Gasteiger partial charge in [-0.25, -0.2) is 4.79 Å². The highest BCUT2D eigenvalue weighted by atomic mass is 16.5. The molecule has 5 heteroatoms. The zero-order valence-corrected chi connectivity index (χ0v) is 11.5. The van der Waals surface area contributed by atoms with E-state index in [1.807, 2.05) is 37.3 Å². The first kappa shape index (κ1) is 14.7. The Hall–Kier alpha value is -2.69. The minimum Gasteiger partial charge on any atom is -0.504 e. The molecule has 0 amide bonds. The van der Waals surface area contributed by atoms with E-state index >= 15 is 0 Å². The van der Waals surface area contributed by atoms with Crippen molar-refractivity contribution < 1.29 is 24.9 Å². The Morgan fingerprint density at radius 1 is 1.10 bits per heavy atom. The molecule has 0 aliphatic rings. The number of phenolic OH excluding ortho intramolecular Hbond substituents is 3. The predicted octanol–water partition coefficient (Wildman–Crippen LogP) is 2.76. The lowest BCUT2D eigenvalue weighted by Gasteiger charge is -2.13. The maximum absolute atomic E-state index is 11.9. The lowest BCUT2D eigenvalue weighted by Crippen LogP contribution is -2.11. The normalized spacial score (nSPS) is 11.9. The van der Waals surface area contributed by atoms with Crippen LogP contribution in [0, 0.1) is 0 Å². The maximum Gasteiger partial charge on any atom is 0.338 e. The van der Waals surface area contributed by atoms with Crippen molar-refractivity contribution in [1.82, 2.24) is 0 Å². The van der Waals surface area contributed by atoms with Crippen molar-refractivity contribution in [1.29, 1.82) is 0 Å². The smallest absolute Gasteiger partial charge is 0.338 e. The summed E-state index contributed by atoms with van der Waals surface area (Å²) >= 11 is 0. The first-order valence-electron chi connectivity index (χ1n) is 6.46. The van der Waals surface area contributed by atoms with Gasteiger partial charge in [-0.05, 0) is 17.7 Å². The van der Waals surface area contributed by atoms with Crippen molar-refractivity contribution in [2.75, 3.05) is 6.61 Å². The summed E-state index contributed by atoms with van der Waals surface area (Å²) in [6.45, 7) is 2.10. The second-order valence-corrected chi connectivity index (χ2v) is 4.77. The van der Waals surface area contributed by atoms with E-state index in [0.717, 1.165) is 17.7 Å². The number of phenols is 3. The van der Waals surface area contributed by atoms with Crippen LogP contribution in [0.1, 0.15) is 28.8 Å². The number of esters is 1. The van der Waals surface area contributed by atoms with Crippen molar-refractivity contribution in [2.45, 2.75) is 12.8 Å². The number of aromatic hydroxyl groups is 3. The maximum atomic E-state index is 11.9. The molecule has 3 N–H and O–H groups in total. The van der Waals surface area contributed by atoms with Crippen molar-refractivity contribution in [3.05, 3.63) is 53.6 Å². The molecule has 0 spiro atoms. The quantitative estimate of drug-likeness (QED) is 0.595. The predicted molar refractivity (Wildman–Crippen MR) is 76.6 cm³/mol. The third-order valence-electron chi connectivity index (χ3n) is 3.14. The highest BCUT2D eigenvalue weighted by Crippen LogP contribution is 2.35. The summed E-state index contributed by atoms with van der Waals surface area (Å²) in [5.74, 6) is -2.46. The van der Waals surface area contributed by atoms with Gasteiger partial charge in [-0.15, -0.1) is 0 Å². The topological polar surface area (TPSA) is 87.0 Å². The molecule has 0 heterocycles. The fraction of sp³-hybridized carbons (Fsp3) is 0.188. The molecule has 0 aromatic heterocycles. The van der Waals surface area contributed by atoms with Gasteiger partial charge in [-0.2, -0.15) is 0 Å². The molecular formula is C16H16O5. The van der Waals surface area contributed by atoms with Crippen LogP contribution in [0.5, 0.6) is 17.2 Å². The van der Waals surface area contributed by atoms with E-state index in [-0.39, 0.29) is 18.1 Å². The molecule has 1 atom stereocenters. The van der Waals surface area contributed by atoms with E-state index in [4.69, 9.17) is 4.74 Å². The van der Waals surface area contributed by atoms with Crippen LogP contribution >= 0.6 is 0 Å². The van der Waals surface area contributed by atoms with Gasteiger partial charge in [-0.1, -0.05) is 37.3 Å². The van der Waals surface area contributed by atoms with Gasteiger partial charge < -0.3 is 20.1 Å². The molecule has 110 valence electrons. The third kappa shape index (κ3) is 3.45. The lowest BCUT2D eigenvalue weighted by atomic mass is 10.0. The monoisotopic (exact) mass is 288 g/mol. The fourth-order valence-corrected chi connectivity index (χ4v) is 1.88. The lowest BCUT2D eigenvalue weighted by molar-refractivity contribution is 0.0484. The van der Waals surface area contributed by atoms with Crippen LogP contribution < -0.4 is 0 Å². The Morgan fingerprint density at radius 3 is 2.24 bits per heavy atom. The molecule has 5 nitrogen and oxygen atoms in total. The highest BCUT2D eigenvalue weighted by Gasteiger charge is 2.16. The second kappa shape index (κ2) is 6.17. The van der Waals surface area contributed by atoms with Gasteiger partial charge in [-0.3, -0.25) is 0 Å². The third-order valence-corrected chi connectivity index (χ3v) is 3.14. The molecule has 0 aliphatic carbocycles. The van der Waals surface area contributed by atoms with E-state index in [1.165, 1.54) is 0 Å². The van der Waals surface area contributed by atoms with Crippen molar-refractivity contribution in [3.8, 4) is 17.2 Å². The van der Waals surface area contributed by atoms with Gasteiger partial charge in [0.05, 0.1) is 12.2 Å². The number of hydrogen-bond acceptors (Lipinski definition) is 5. The number of hydrogen-bond donors (Lipinski definition) is 3. The van der Waals surface area contributed by atoms with Crippen LogP contribution in [0.3, 0.4) is 0 Å². The minimum atomic E-state index is -0.677. The Balaban J connectivity index is 2.02. The summed E-state index contributed by atoms with van der Waals surface area (Å²) < 4.78 is 5.15. The van der Waals surface area contributed by atoms with E-state index in [2.05, 4.69) is 0 Å². The van der Waals surface area contributed by atoms with Gasteiger partial charge in [0.1, 0.15) is 0 Å². The molecule has 0 aliphatic heterocycles. The van der Waals surface area contributed by atoms with Gasteiger partial charge >= 0.3 is 5.97 Å². The summed E-state index contributed by atoms with van der Waals surface area (Å²) in [5, 5.41) is 28.0. The molecule has 0 bridgehead atoms. The Labute approximate surface area is 122 Å². The summed E-state index contributed by atoms with van der Waals surface area (Å²) in [7, 11) is 0. The van der Waals surface area contributed by atoms with Crippen LogP contribution in [-0.2, 0) is 4.74 Å². The summed E-state index contributed by atoms with van der Waals surface area (Å²) in [6, 6.07) is 11.7. The molecule has 2 aromatic rings. The van der Waals surface area contributed by atoms with E-state index in [9.17, 15) is 20.1 Å². The summed E-state index contributed by atoms with van der Waals surface area (Å²) in [6.07, 6.45) is 0. The van der Waals surface area contributed by atoms with Crippen molar-refractivity contribution in [3.63, 3.8) is 0 Å². The molecule has 2 rings (SSSR count). The van der Waals surface area contributed by atoms with Crippen LogP contribution in [0.2, 0.25) is 0 Å². The second-order valence-electron chi connectivity index (χ2n) is 4.77. The van der Waals surface area contributed by atoms with Crippen LogP contribution in [0.25, 0.3) is 0 Å².